The lowest BCUT2D eigenvalue weighted by molar-refractivity contribution is -0.120. The monoisotopic (exact) mass is 308 g/mol. The van der Waals surface area contributed by atoms with E-state index < -0.39 is 0 Å². The number of likely N-dealkylation sites (tertiary alicyclic amines) is 1. The van der Waals surface area contributed by atoms with E-state index in [-0.39, 0.29) is 11.9 Å². The van der Waals surface area contributed by atoms with Crippen LogP contribution in [-0.4, -0.2) is 30.3 Å². The molecule has 114 valence electrons. The van der Waals surface area contributed by atoms with Crippen molar-refractivity contribution in [3.8, 4) is 0 Å². The summed E-state index contributed by atoms with van der Waals surface area (Å²) in [5, 5.41) is 3.60. The Morgan fingerprint density at radius 2 is 2.10 bits per heavy atom. The summed E-state index contributed by atoms with van der Waals surface area (Å²) >= 11 is 6.11. The van der Waals surface area contributed by atoms with Crippen LogP contribution in [0.15, 0.2) is 18.2 Å². The molecule has 5 heteroatoms. The lowest BCUT2D eigenvalue weighted by Gasteiger charge is -2.31. The van der Waals surface area contributed by atoms with E-state index in [0.717, 1.165) is 37.9 Å². The highest BCUT2D eigenvalue weighted by atomic mass is 35.5. The summed E-state index contributed by atoms with van der Waals surface area (Å²) < 4.78 is 0. The fourth-order valence-electron chi connectivity index (χ4n) is 2.99. The molecular weight excluding hydrogens is 288 g/mol. The number of hydrogen-bond donors (Lipinski definition) is 1. The van der Waals surface area contributed by atoms with Crippen LogP contribution in [-0.2, 0) is 9.59 Å². The SMILES string of the molecule is CC(=O)N[C@H](C)c1cc(Cl)ccc1C1CCN(C=O)CC1. The van der Waals surface area contributed by atoms with E-state index in [1.165, 1.54) is 12.5 Å². The van der Waals surface area contributed by atoms with Crippen LogP contribution in [0.25, 0.3) is 0 Å². The number of amides is 2. The van der Waals surface area contributed by atoms with Gasteiger partial charge in [-0.15, -0.1) is 0 Å². The van der Waals surface area contributed by atoms with Gasteiger partial charge in [0, 0.05) is 25.0 Å². The van der Waals surface area contributed by atoms with Crippen molar-refractivity contribution in [3.63, 3.8) is 0 Å². The Morgan fingerprint density at radius 3 is 2.67 bits per heavy atom. The van der Waals surface area contributed by atoms with Gasteiger partial charge in [0.2, 0.25) is 12.3 Å². The van der Waals surface area contributed by atoms with Crippen LogP contribution in [0.4, 0.5) is 0 Å². The van der Waals surface area contributed by atoms with E-state index in [2.05, 4.69) is 11.4 Å². The average Bonchev–Trinajstić information content (AvgIpc) is 2.46. The van der Waals surface area contributed by atoms with Gasteiger partial charge in [-0.25, -0.2) is 0 Å². The van der Waals surface area contributed by atoms with E-state index in [4.69, 9.17) is 11.6 Å². The van der Waals surface area contributed by atoms with Gasteiger partial charge in [-0.3, -0.25) is 9.59 Å². The van der Waals surface area contributed by atoms with E-state index in [9.17, 15) is 9.59 Å². The second kappa shape index (κ2) is 6.94. The van der Waals surface area contributed by atoms with Gasteiger partial charge in [-0.2, -0.15) is 0 Å². The topological polar surface area (TPSA) is 49.4 Å². The van der Waals surface area contributed by atoms with Crippen LogP contribution >= 0.6 is 11.6 Å². The Hall–Kier alpha value is -1.55. The molecule has 1 heterocycles. The molecule has 2 amide bonds. The summed E-state index contributed by atoms with van der Waals surface area (Å²) in [4.78, 5) is 23.9. The van der Waals surface area contributed by atoms with Gasteiger partial charge in [-0.1, -0.05) is 17.7 Å². The highest BCUT2D eigenvalue weighted by molar-refractivity contribution is 6.30. The van der Waals surface area contributed by atoms with Gasteiger partial charge in [-0.05, 0) is 48.9 Å². The number of piperidine rings is 1. The summed E-state index contributed by atoms with van der Waals surface area (Å²) in [5.41, 5.74) is 2.30. The van der Waals surface area contributed by atoms with E-state index in [1.807, 2.05) is 24.0 Å². The van der Waals surface area contributed by atoms with Gasteiger partial charge >= 0.3 is 0 Å². The Balaban J connectivity index is 2.22. The Labute approximate surface area is 130 Å². The molecule has 0 spiro atoms. The summed E-state index contributed by atoms with van der Waals surface area (Å²) in [7, 11) is 0. The Kier molecular flexibility index (Phi) is 5.23. The van der Waals surface area contributed by atoms with Crippen LogP contribution in [0.3, 0.4) is 0 Å². The first-order valence-electron chi connectivity index (χ1n) is 7.27. The van der Waals surface area contributed by atoms with Gasteiger partial charge in [0.15, 0.2) is 0 Å². The molecule has 0 unspecified atom stereocenters. The van der Waals surface area contributed by atoms with Crippen molar-refractivity contribution in [2.24, 2.45) is 0 Å². The van der Waals surface area contributed by atoms with Crippen molar-refractivity contribution in [1.29, 1.82) is 0 Å². The van der Waals surface area contributed by atoms with Gasteiger partial charge < -0.3 is 10.2 Å². The number of rotatable bonds is 4. The lowest BCUT2D eigenvalue weighted by atomic mass is 9.85. The molecule has 2 rings (SSSR count). The first kappa shape index (κ1) is 15.8. The van der Waals surface area contributed by atoms with Gasteiger partial charge in [0.1, 0.15) is 0 Å². The Bertz CT molecular complexity index is 525. The zero-order valence-corrected chi connectivity index (χ0v) is 13.2. The third-order valence-corrected chi connectivity index (χ3v) is 4.29. The summed E-state index contributed by atoms with van der Waals surface area (Å²) in [6, 6.07) is 5.81. The van der Waals surface area contributed by atoms with Crippen molar-refractivity contribution >= 4 is 23.9 Å². The fraction of sp³-hybridized carbons (Fsp3) is 0.500. The van der Waals surface area contributed by atoms with Crippen molar-refractivity contribution in [1.82, 2.24) is 10.2 Å². The molecule has 0 aromatic heterocycles. The highest BCUT2D eigenvalue weighted by Crippen LogP contribution is 2.34. The molecule has 1 atom stereocenters. The quantitative estimate of drug-likeness (QED) is 0.870. The molecule has 4 nitrogen and oxygen atoms in total. The number of nitrogens with one attached hydrogen (secondary N) is 1. The van der Waals surface area contributed by atoms with Crippen LogP contribution in [0.2, 0.25) is 5.02 Å². The summed E-state index contributed by atoms with van der Waals surface area (Å²) in [6.45, 7) is 5.05. The number of hydrogen-bond acceptors (Lipinski definition) is 2. The molecule has 0 radical (unpaired) electrons. The van der Waals surface area contributed by atoms with Gasteiger partial charge in [0.25, 0.3) is 0 Å². The maximum absolute atomic E-state index is 11.3. The number of nitrogens with zero attached hydrogens (tertiary/aromatic N) is 1. The van der Waals surface area contributed by atoms with Crippen molar-refractivity contribution < 1.29 is 9.59 Å². The second-order valence-corrected chi connectivity index (χ2v) is 6.05. The Morgan fingerprint density at radius 1 is 1.43 bits per heavy atom. The second-order valence-electron chi connectivity index (χ2n) is 5.61. The first-order valence-corrected chi connectivity index (χ1v) is 7.65. The summed E-state index contributed by atoms with van der Waals surface area (Å²) in [5.74, 6) is 0.355. The predicted molar refractivity (Wildman–Crippen MR) is 83.3 cm³/mol. The van der Waals surface area contributed by atoms with E-state index >= 15 is 0 Å². The van der Waals surface area contributed by atoms with Crippen molar-refractivity contribution in [2.75, 3.05) is 13.1 Å². The minimum Gasteiger partial charge on any atom is -0.350 e. The normalized spacial score (nSPS) is 17.4. The molecule has 1 aliphatic heterocycles. The van der Waals surface area contributed by atoms with Crippen molar-refractivity contribution in [3.05, 3.63) is 34.3 Å². The third-order valence-electron chi connectivity index (χ3n) is 4.05. The van der Waals surface area contributed by atoms with Crippen LogP contribution in [0.1, 0.15) is 49.8 Å². The molecule has 0 saturated carbocycles. The molecule has 1 fully saturated rings. The zero-order chi connectivity index (χ0) is 15.4. The van der Waals surface area contributed by atoms with Gasteiger partial charge in [0.05, 0.1) is 6.04 Å². The average molecular weight is 309 g/mol. The molecule has 1 aromatic carbocycles. The molecular formula is C16H21ClN2O2. The lowest BCUT2D eigenvalue weighted by Crippen LogP contribution is -2.32. The smallest absolute Gasteiger partial charge is 0.217 e. The number of carbonyl (C=O) groups excluding carboxylic acids is 2. The van der Waals surface area contributed by atoms with E-state index in [1.54, 1.807) is 0 Å². The molecule has 1 aromatic rings. The highest BCUT2D eigenvalue weighted by Gasteiger charge is 2.23. The maximum atomic E-state index is 11.3. The standard InChI is InChI=1S/C16H21ClN2O2/c1-11(18-12(2)21)16-9-14(17)3-4-15(16)13-5-7-19(10-20)8-6-13/h3-4,9-11,13H,5-8H2,1-2H3,(H,18,21)/t11-/m1/s1. The molecule has 1 saturated heterocycles. The molecule has 21 heavy (non-hydrogen) atoms. The van der Waals surface area contributed by atoms with E-state index in [0.29, 0.717) is 10.9 Å². The third kappa shape index (κ3) is 3.97. The maximum Gasteiger partial charge on any atom is 0.217 e. The zero-order valence-electron chi connectivity index (χ0n) is 12.4. The van der Waals surface area contributed by atoms with Crippen LogP contribution in [0.5, 0.6) is 0 Å². The van der Waals surface area contributed by atoms with Crippen LogP contribution < -0.4 is 5.32 Å². The predicted octanol–water partition coefficient (Wildman–Crippen LogP) is 2.87. The molecule has 1 N–H and O–H groups in total. The molecule has 1 aliphatic rings. The largest absolute Gasteiger partial charge is 0.350 e. The van der Waals surface area contributed by atoms with Crippen molar-refractivity contribution in [2.45, 2.75) is 38.6 Å². The molecule has 0 bridgehead atoms. The molecule has 0 aliphatic carbocycles. The number of benzene rings is 1. The minimum absolute atomic E-state index is 0.0517. The fourth-order valence-corrected chi connectivity index (χ4v) is 3.17. The van der Waals surface area contributed by atoms with Crippen LogP contribution in [0, 0.1) is 0 Å². The summed E-state index contributed by atoms with van der Waals surface area (Å²) in [6.07, 6.45) is 2.80. The minimum atomic E-state index is -0.0692. The number of carbonyl (C=O) groups is 2. The number of halogens is 1. The first-order chi connectivity index (χ1) is 10.0.